The van der Waals surface area contributed by atoms with Crippen LogP contribution in [0.15, 0.2) is 0 Å². The van der Waals surface area contributed by atoms with Gasteiger partial charge in [0.15, 0.2) is 0 Å². The molecule has 0 radical (unpaired) electrons. The molecule has 0 aliphatic carbocycles. The van der Waals surface area contributed by atoms with Gasteiger partial charge in [0.05, 0.1) is 6.04 Å². The van der Waals surface area contributed by atoms with E-state index in [9.17, 15) is 29.1 Å². The minimum Gasteiger partial charge on any atom is -0.481 e. The van der Waals surface area contributed by atoms with Crippen LogP contribution in [0.1, 0.15) is 39.0 Å². The van der Waals surface area contributed by atoms with Gasteiger partial charge in [0, 0.05) is 13.0 Å². The van der Waals surface area contributed by atoms with Crippen LogP contribution < -0.4 is 16.4 Å². The molecule has 1 aliphatic heterocycles. The van der Waals surface area contributed by atoms with Crippen LogP contribution in [-0.2, 0) is 24.0 Å². The number of carbonyl (C=O) groups is 5. The van der Waals surface area contributed by atoms with Crippen molar-refractivity contribution in [3.8, 4) is 0 Å². The molecule has 6 N–H and O–H groups in total. The highest BCUT2D eigenvalue weighted by Crippen LogP contribution is 2.19. The van der Waals surface area contributed by atoms with E-state index in [2.05, 4.69) is 10.6 Å². The molecule has 4 atom stereocenters. The van der Waals surface area contributed by atoms with Gasteiger partial charge in [-0.1, -0.05) is 0 Å². The van der Waals surface area contributed by atoms with E-state index in [1.54, 1.807) is 6.26 Å². The molecule has 0 aromatic rings. The molecule has 4 unspecified atom stereocenters. The standard InChI is InChI=1S/C18H30N4O7S/c1-10(19)17(27)22-8-3-4-13(22)16(26)20-11(5-6-14(23)24)15(25)21-12(18(28)29)7-9-30-2/h10-13H,3-9,19H2,1-2H3,(H,20,26)(H,21,25)(H,23,24)(H,28,29). The number of rotatable bonds is 12. The number of nitrogens with one attached hydrogen (secondary N) is 2. The Labute approximate surface area is 179 Å². The third-order valence-electron chi connectivity index (χ3n) is 4.73. The normalized spacial score (nSPS) is 18.9. The maximum absolute atomic E-state index is 12.7. The van der Waals surface area contributed by atoms with Gasteiger partial charge in [-0.3, -0.25) is 19.2 Å². The minimum absolute atomic E-state index is 0.182. The Morgan fingerprint density at radius 2 is 1.80 bits per heavy atom. The molecule has 1 aliphatic rings. The van der Waals surface area contributed by atoms with Crippen molar-refractivity contribution in [1.82, 2.24) is 15.5 Å². The second-order valence-corrected chi connectivity index (χ2v) is 8.14. The molecule has 0 saturated carbocycles. The summed E-state index contributed by atoms with van der Waals surface area (Å²) in [6.07, 6.45) is 2.36. The molecule has 0 aromatic carbocycles. The fraction of sp³-hybridized carbons (Fsp3) is 0.722. The first-order chi connectivity index (χ1) is 14.1. The molecule has 170 valence electrons. The Balaban J connectivity index is 2.89. The molecular formula is C18H30N4O7S. The van der Waals surface area contributed by atoms with Gasteiger partial charge in [-0.05, 0) is 44.6 Å². The summed E-state index contributed by atoms with van der Waals surface area (Å²) < 4.78 is 0. The molecule has 30 heavy (non-hydrogen) atoms. The van der Waals surface area contributed by atoms with Gasteiger partial charge < -0.3 is 31.5 Å². The van der Waals surface area contributed by atoms with E-state index in [0.29, 0.717) is 25.1 Å². The van der Waals surface area contributed by atoms with E-state index in [0.717, 1.165) is 0 Å². The van der Waals surface area contributed by atoms with Crippen molar-refractivity contribution in [1.29, 1.82) is 0 Å². The fourth-order valence-electron chi connectivity index (χ4n) is 3.13. The van der Waals surface area contributed by atoms with E-state index in [1.165, 1.54) is 23.6 Å². The summed E-state index contributed by atoms with van der Waals surface area (Å²) >= 11 is 1.42. The maximum Gasteiger partial charge on any atom is 0.326 e. The fourth-order valence-corrected chi connectivity index (χ4v) is 3.61. The van der Waals surface area contributed by atoms with E-state index in [4.69, 9.17) is 10.8 Å². The van der Waals surface area contributed by atoms with Crippen molar-refractivity contribution in [2.45, 2.75) is 63.2 Å². The summed E-state index contributed by atoms with van der Waals surface area (Å²) in [7, 11) is 0. The van der Waals surface area contributed by atoms with Crippen LogP contribution in [0.5, 0.6) is 0 Å². The summed E-state index contributed by atoms with van der Waals surface area (Å²) in [5, 5.41) is 23.1. The SMILES string of the molecule is CSCCC(NC(=O)C(CCC(=O)O)NC(=O)C1CCCN1C(=O)C(C)N)C(=O)O. The lowest BCUT2D eigenvalue weighted by Crippen LogP contribution is -2.56. The Kier molecular flexibility index (Phi) is 10.6. The van der Waals surface area contributed by atoms with Crippen molar-refractivity contribution < 1.29 is 34.2 Å². The lowest BCUT2D eigenvalue weighted by Gasteiger charge is -2.27. The zero-order valence-electron chi connectivity index (χ0n) is 17.1. The number of nitrogens with zero attached hydrogens (tertiary/aromatic N) is 1. The van der Waals surface area contributed by atoms with Crippen molar-refractivity contribution >= 4 is 41.4 Å². The lowest BCUT2D eigenvalue weighted by molar-refractivity contribution is -0.143. The van der Waals surface area contributed by atoms with Crippen LogP contribution in [0.2, 0.25) is 0 Å². The van der Waals surface area contributed by atoms with Gasteiger partial charge in [0.2, 0.25) is 17.7 Å². The van der Waals surface area contributed by atoms with E-state index in [-0.39, 0.29) is 18.7 Å². The predicted octanol–water partition coefficient (Wildman–Crippen LogP) is -1.00. The molecule has 12 heteroatoms. The Morgan fingerprint density at radius 1 is 1.13 bits per heavy atom. The number of thioether (sulfide) groups is 1. The van der Waals surface area contributed by atoms with Crippen molar-refractivity contribution in [2.75, 3.05) is 18.6 Å². The number of carboxylic acids is 2. The molecule has 11 nitrogen and oxygen atoms in total. The Bertz CT molecular complexity index is 658. The molecule has 0 aromatic heterocycles. The monoisotopic (exact) mass is 446 g/mol. The number of hydrogen-bond acceptors (Lipinski definition) is 7. The third kappa shape index (κ3) is 7.82. The van der Waals surface area contributed by atoms with Crippen LogP contribution in [0.3, 0.4) is 0 Å². The highest BCUT2D eigenvalue weighted by molar-refractivity contribution is 7.98. The van der Waals surface area contributed by atoms with Crippen molar-refractivity contribution in [2.24, 2.45) is 5.73 Å². The topological polar surface area (TPSA) is 179 Å². The van der Waals surface area contributed by atoms with Gasteiger partial charge in [-0.2, -0.15) is 11.8 Å². The number of nitrogens with two attached hydrogens (primary N) is 1. The number of likely N-dealkylation sites (tertiary alicyclic amines) is 1. The zero-order chi connectivity index (χ0) is 22.8. The van der Waals surface area contributed by atoms with Gasteiger partial charge >= 0.3 is 11.9 Å². The molecule has 1 saturated heterocycles. The lowest BCUT2D eigenvalue weighted by atomic mass is 10.1. The number of carbonyl (C=O) groups excluding carboxylic acids is 3. The van der Waals surface area contributed by atoms with Gasteiger partial charge in [-0.25, -0.2) is 4.79 Å². The minimum atomic E-state index is -1.24. The van der Waals surface area contributed by atoms with Crippen LogP contribution in [-0.4, -0.2) is 87.5 Å². The summed E-state index contributed by atoms with van der Waals surface area (Å²) in [6.45, 7) is 1.87. The second-order valence-electron chi connectivity index (χ2n) is 7.15. The summed E-state index contributed by atoms with van der Waals surface area (Å²) in [4.78, 5) is 61.3. The highest BCUT2D eigenvalue weighted by atomic mass is 32.2. The number of carboxylic acid groups (broad SMARTS) is 2. The zero-order valence-corrected chi connectivity index (χ0v) is 17.9. The number of amides is 3. The number of aliphatic carboxylic acids is 2. The van der Waals surface area contributed by atoms with Crippen LogP contribution in [0.4, 0.5) is 0 Å². The molecule has 3 amide bonds. The first-order valence-corrected chi connectivity index (χ1v) is 11.1. The first-order valence-electron chi connectivity index (χ1n) is 9.68. The Hall–Kier alpha value is -2.34. The van der Waals surface area contributed by atoms with Crippen molar-refractivity contribution in [3.05, 3.63) is 0 Å². The van der Waals surface area contributed by atoms with E-state index >= 15 is 0 Å². The summed E-state index contributed by atoms with van der Waals surface area (Å²) in [6, 6.07) is -3.98. The van der Waals surface area contributed by atoms with Crippen molar-refractivity contribution in [3.63, 3.8) is 0 Å². The van der Waals surface area contributed by atoms with Crippen LogP contribution >= 0.6 is 11.8 Å². The van der Waals surface area contributed by atoms with E-state index in [1.807, 2.05) is 0 Å². The average molecular weight is 447 g/mol. The second kappa shape index (κ2) is 12.4. The third-order valence-corrected chi connectivity index (χ3v) is 5.38. The summed E-state index contributed by atoms with van der Waals surface area (Å²) in [5.74, 6) is -3.63. The van der Waals surface area contributed by atoms with Crippen LogP contribution in [0, 0.1) is 0 Å². The van der Waals surface area contributed by atoms with Crippen LogP contribution in [0.25, 0.3) is 0 Å². The Morgan fingerprint density at radius 3 is 2.33 bits per heavy atom. The average Bonchev–Trinajstić information content (AvgIpc) is 3.16. The molecule has 0 bridgehead atoms. The maximum atomic E-state index is 12.7. The molecule has 1 fully saturated rings. The largest absolute Gasteiger partial charge is 0.481 e. The molecular weight excluding hydrogens is 416 g/mol. The molecule has 1 rings (SSSR count). The number of hydrogen-bond donors (Lipinski definition) is 5. The summed E-state index contributed by atoms with van der Waals surface area (Å²) in [5.41, 5.74) is 5.62. The quantitative estimate of drug-likeness (QED) is 0.251. The van der Waals surface area contributed by atoms with Gasteiger partial charge in [0.25, 0.3) is 0 Å². The smallest absolute Gasteiger partial charge is 0.326 e. The van der Waals surface area contributed by atoms with Gasteiger partial charge in [0.1, 0.15) is 18.1 Å². The van der Waals surface area contributed by atoms with E-state index < -0.39 is 54.3 Å². The highest BCUT2D eigenvalue weighted by Gasteiger charge is 2.37. The van der Waals surface area contributed by atoms with Gasteiger partial charge in [-0.15, -0.1) is 0 Å². The predicted molar refractivity (Wildman–Crippen MR) is 110 cm³/mol. The molecule has 0 spiro atoms. The first kappa shape index (κ1) is 25.7. The molecule has 1 heterocycles.